The van der Waals surface area contributed by atoms with Crippen molar-refractivity contribution in [2.75, 3.05) is 26.3 Å². The minimum absolute atomic E-state index is 0.0151. The maximum Gasteiger partial charge on any atom is 0.407 e. The van der Waals surface area contributed by atoms with Crippen LogP contribution in [0.25, 0.3) is 11.1 Å². The van der Waals surface area contributed by atoms with Crippen molar-refractivity contribution in [1.82, 2.24) is 10.2 Å². The van der Waals surface area contributed by atoms with Crippen LogP contribution in [-0.2, 0) is 19.1 Å². The molecule has 1 aliphatic heterocycles. The van der Waals surface area contributed by atoms with Crippen LogP contribution in [0.4, 0.5) is 4.79 Å². The van der Waals surface area contributed by atoms with Crippen LogP contribution < -0.4 is 5.32 Å². The van der Waals surface area contributed by atoms with Gasteiger partial charge in [-0.1, -0.05) is 55.5 Å². The number of rotatable bonds is 9. The number of fused-ring (bicyclic) bond motifs is 3. The quantitative estimate of drug-likeness (QED) is 0.568. The SMILES string of the molecule is CCC(C)N(CC(=O)O)C(=O)C1COC(CNC(=O)OCC2c3ccccc3-c3ccccc32)C1. The molecule has 0 saturated carbocycles. The van der Waals surface area contributed by atoms with Gasteiger partial charge in [0, 0.05) is 18.5 Å². The number of hydrogen-bond acceptors (Lipinski definition) is 5. The van der Waals surface area contributed by atoms with Crippen molar-refractivity contribution < 1.29 is 29.0 Å². The van der Waals surface area contributed by atoms with Gasteiger partial charge in [0.2, 0.25) is 5.91 Å². The van der Waals surface area contributed by atoms with Gasteiger partial charge in [0.05, 0.1) is 18.6 Å². The van der Waals surface area contributed by atoms with E-state index in [1.54, 1.807) is 0 Å². The molecule has 186 valence electrons. The third kappa shape index (κ3) is 5.48. The molecule has 35 heavy (non-hydrogen) atoms. The lowest BCUT2D eigenvalue weighted by atomic mass is 9.98. The first kappa shape index (κ1) is 24.7. The van der Waals surface area contributed by atoms with Crippen LogP contribution in [0.3, 0.4) is 0 Å². The van der Waals surface area contributed by atoms with Crippen molar-refractivity contribution in [2.45, 2.75) is 44.8 Å². The van der Waals surface area contributed by atoms with Gasteiger partial charge in [0.1, 0.15) is 13.2 Å². The first-order chi connectivity index (χ1) is 16.9. The Morgan fingerprint density at radius 2 is 1.74 bits per heavy atom. The van der Waals surface area contributed by atoms with Gasteiger partial charge in [-0.25, -0.2) is 4.79 Å². The van der Waals surface area contributed by atoms with Gasteiger partial charge in [-0.2, -0.15) is 0 Å². The molecule has 1 fully saturated rings. The number of amides is 2. The summed E-state index contributed by atoms with van der Waals surface area (Å²) in [5.74, 6) is -1.69. The number of alkyl carbamates (subject to hydrolysis) is 1. The van der Waals surface area contributed by atoms with Crippen molar-refractivity contribution in [1.29, 1.82) is 0 Å². The lowest BCUT2D eigenvalue weighted by Crippen LogP contribution is -2.45. The molecule has 0 bridgehead atoms. The van der Waals surface area contributed by atoms with E-state index in [0.29, 0.717) is 12.8 Å². The molecule has 8 nitrogen and oxygen atoms in total. The Morgan fingerprint density at radius 3 is 2.34 bits per heavy atom. The van der Waals surface area contributed by atoms with E-state index in [0.717, 1.165) is 11.1 Å². The Bertz CT molecular complexity index is 1040. The Balaban J connectivity index is 1.27. The monoisotopic (exact) mass is 480 g/mol. The molecule has 3 atom stereocenters. The van der Waals surface area contributed by atoms with Crippen LogP contribution in [-0.4, -0.2) is 66.4 Å². The number of benzene rings is 2. The maximum absolute atomic E-state index is 12.9. The number of carbonyl (C=O) groups excluding carboxylic acids is 2. The Kier molecular flexibility index (Phi) is 7.70. The number of aliphatic carboxylic acids is 1. The third-order valence-corrected chi connectivity index (χ3v) is 6.96. The highest BCUT2D eigenvalue weighted by molar-refractivity contribution is 5.84. The van der Waals surface area contributed by atoms with Gasteiger partial charge in [0.15, 0.2) is 0 Å². The van der Waals surface area contributed by atoms with Gasteiger partial charge in [0.25, 0.3) is 0 Å². The number of nitrogens with zero attached hydrogens (tertiary/aromatic N) is 1. The first-order valence-electron chi connectivity index (χ1n) is 12.1. The molecule has 0 aromatic heterocycles. The Labute approximate surface area is 205 Å². The molecule has 0 radical (unpaired) electrons. The Morgan fingerprint density at radius 1 is 1.11 bits per heavy atom. The van der Waals surface area contributed by atoms with E-state index < -0.39 is 18.0 Å². The molecule has 2 aromatic rings. The predicted molar refractivity (Wildman–Crippen MR) is 130 cm³/mol. The summed E-state index contributed by atoms with van der Waals surface area (Å²) in [5, 5.41) is 11.9. The van der Waals surface area contributed by atoms with Crippen LogP contribution in [0.5, 0.6) is 0 Å². The second-order valence-corrected chi connectivity index (χ2v) is 9.21. The van der Waals surface area contributed by atoms with E-state index in [1.165, 1.54) is 16.0 Å². The highest BCUT2D eigenvalue weighted by atomic mass is 16.5. The third-order valence-electron chi connectivity index (χ3n) is 6.96. The fraction of sp³-hybridized carbons (Fsp3) is 0.444. The van der Waals surface area contributed by atoms with Crippen molar-refractivity contribution >= 4 is 18.0 Å². The molecule has 0 spiro atoms. The van der Waals surface area contributed by atoms with Gasteiger partial charge < -0.3 is 24.8 Å². The summed E-state index contributed by atoms with van der Waals surface area (Å²) in [5.41, 5.74) is 4.63. The second-order valence-electron chi connectivity index (χ2n) is 9.21. The average Bonchev–Trinajstić information content (AvgIpc) is 3.47. The zero-order chi connectivity index (χ0) is 24.9. The maximum atomic E-state index is 12.9. The summed E-state index contributed by atoms with van der Waals surface area (Å²) in [6.07, 6.45) is 0.236. The van der Waals surface area contributed by atoms with Gasteiger partial charge in [-0.3, -0.25) is 9.59 Å². The van der Waals surface area contributed by atoms with E-state index in [1.807, 2.05) is 38.1 Å². The molecule has 2 N–H and O–H groups in total. The van der Waals surface area contributed by atoms with E-state index in [9.17, 15) is 14.4 Å². The van der Waals surface area contributed by atoms with Crippen molar-refractivity contribution in [3.8, 4) is 11.1 Å². The second kappa shape index (κ2) is 10.9. The number of ether oxygens (including phenoxy) is 2. The van der Waals surface area contributed by atoms with E-state index in [-0.39, 0.29) is 50.3 Å². The largest absolute Gasteiger partial charge is 0.480 e. The molecular weight excluding hydrogens is 448 g/mol. The highest BCUT2D eigenvalue weighted by Gasteiger charge is 2.36. The summed E-state index contributed by atoms with van der Waals surface area (Å²) in [6.45, 7) is 4.09. The van der Waals surface area contributed by atoms with Gasteiger partial charge >= 0.3 is 12.1 Å². The van der Waals surface area contributed by atoms with E-state index >= 15 is 0 Å². The lowest BCUT2D eigenvalue weighted by molar-refractivity contribution is -0.148. The predicted octanol–water partition coefficient (Wildman–Crippen LogP) is 3.64. The summed E-state index contributed by atoms with van der Waals surface area (Å²) >= 11 is 0. The fourth-order valence-corrected chi connectivity index (χ4v) is 4.92. The fourth-order valence-electron chi connectivity index (χ4n) is 4.92. The minimum Gasteiger partial charge on any atom is -0.480 e. The van der Waals surface area contributed by atoms with Crippen LogP contribution >= 0.6 is 0 Å². The van der Waals surface area contributed by atoms with Crippen LogP contribution in [0, 0.1) is 5.92 Å². The van der Waals surface area contributed by atoms with Crippen LogP contribution in [0.1, 0.15) is 43.7 Å². The highest BCUT2D eigenvalue weighted by Crippen LogP contribution is 2.44. The summed E-state index contributed by atoms with van der Waals surface area (Å²) in [7, 11) is 0. The zero-order valence-electron chi connectivity index (χ0n) is 20.1. The number of carboxylic acids is 1. The van der Waals surface area contributed by atoms with Gasteiger partial charge in [-0.15, -0.1) is 0 Å². The molecular formula is C27H32N2O6. The van der Waals surface area contributed by atoms with Gasteiger partial charge in [-0.05, 0) is 42.0 Å². The molecule has 3 unspecified atom stereocenters. The molecule has 1 saturated heterocycles. The first-order valence-corrected chi connectivity index (χ1v) is 12.1. The van der Waals surface area contributed by atoms with Crippen molar-refractivity contribution in [2.24, 2.45) is 5.92 Å². The van der Waals surface area contributed by atoms with Crippen LogP contribution in [0.2, 0.25) is 0 Å². The van der Waals surface area contributed by atoms with Crippen molar-refractivity contribution in [3.05, 3.63) is 59.7 Å². The molecule has 4 rings (SSSR count). The summed E-state index contributed by atoms with van der Waals surface area (Å²) in [4.78, 5) is 37.9. The zero-order valence-corrected chi connectivity index (χ0v) is 20.1. The van der Waals surface area contributed by atoms with E-state index in [2.05, 4.69) is 29.6 Å². The standard InChI is InChI=1S/C27H32N2O6/c1-3-17(2)29(14-25(30)31)26(32)18-12-19(34-15-18)13-28-27(33)35-16-24-22-10-6-4-8-20(22)21-9-5-7-11-23(21)24/h4-11,17-19,24H,3,12-16H2,1-2H3,(H,28,33)(H,30,31). The molecule has 1 heterocycles. The number of carbonyl (C=O) groups is 3. The summed E-state index contributed by atoms with van der Waals surface area (Å²) < 4.78 is 11.3. The lowest BCUT2D eigenvalue weighted by Gasteiger charge is -2.29. The minimum atomic E-state index is -1.04. The Hall–Kier alpha value is -3.39. The molecule has 2 aliphatic rings. The normalized spacial score (nSPS) is 19.5. The molecule has 2 aromatic carbocycles. The molecule has 8 heteroatoms. The molecule has 1 aliphatic carbocycles. The van der Waals surface area contributed by atoms with Crippen molar-refractivity contribution in [3.63, 3.8) is 0 Å². The number of nitrogens with one attached hydrogen (secondary N) is 1. The van der Waals surface area contributed by atoms with E-state index in [4.69, 9.17) is 14.6 Å². The number of hydrogen-bond donors (Lipinski definition) is 2. The smallest absolute Gasteiger partial charge is 0.407 e. The molecule has 2 amide bonds. The average molecular weight is 481 g/mol. The topological polar surface area (TPSA) is 105 Å². The number of carboxylic acid groups (broad SMARTS) is 1. The summed E-state index contributed by atoms with van der Waals surface area (Å²) in [6, 6.07) is 16.1. The van der Waals surface area contributed by atoms with Crippen LogP contribution in [0.15, 0.2) is 48.5 Å².